The van der Waals surface area contributed by atoms with Crippen LogP contribution in [0.5, 0.6) is 0 Å². The number of hydrogen-bond donors (Lipinski definition) is 1. The molecular formula is C12H19NO5. The summed E-state index contributed by atoms with van der Waals surface area (Å²) in [5.41, 5.74) is 0. The molecule has 6 nitrogen and oxygen atoms in total. The molecule has 3 fully saturated rings. The first-order chi connectivity index (χ1) is 8.31. The van der Waals surface area contributed by atoms with Crippen LogP contribution < -0.4 is 0 Å². The summed E-state index contributed by atoms with van der Waals surface area (Å²) in [6, 6.07) is 0. The molecule has 5 atom stereocenters. The van der Waals surface area contributed by atoms with Crippen molar-refractivity contribution in [3.63, 3.8) is 0 Å². The van der Waals surface area contributed by atoms with Crippen LogP contribution in [0.1, 0.15) is 27.7 Å². The van der Waals surface area contributed by atoms with Crippen LogP contribution in [0.25, 0.3) is 0 Å². The summed E-state index contributed by atoms with van der Waals surface area (Å²) in [6.07, 6.45) is -0.653. The monoisotopic (exact) mass is 257 g/mol. The number of nitrogens with one attached hydrogen (secondary N) is 1. The SMILES string of the molecule is CC1(C)O[C@@H]2O[C@@H](C=N)[C@H]3OC(C)(C)O[C@H]3[C@@H]2O1. The third-order valence-corrected chi connectivity index (χ3v) is 3.35. The van der Waals surface area contributed by atoms with Crippen LogP contribution in [0.4, 0.5) is 0 Å². The van der Waals surface area contributed by atoms with Crippen LogP contribution >= 0.6 is 0 Å². The minimum absolute atomic E-state index is 0.271. The predicted molar refractivity (Wildman–Crippen MR) is 61.3 cm³/mol. The molecule has 0 saturated carbocycles. The van der Waals surface area contributed by atoms with Gasteiger partial charge < -0.3 is 29.1 Å². The molecule has 0 aromatic heterocycles. The van der Waals surface area contributed by atoms with E-state index in [0.29, 0.717) is 0 Å². The highest BCUT2D eigenvalue weighted by Gasteiger charge is 2.60. The summed E-state index contributed by atoms with van der Waals surface area (Å²) in [4.78, 5) is 0. The maximum absolute atomic E-state index is 7.45. The Bertz CT molecular complexity index is 369. The molecule has 0 amide bonds. The Balaban J connectivity index is 1.89. The second-order valence-corrected chi connectivity index (χ2v) is 5.80. The van der Waals surface area contributed by atoms with Crippen molar-refractivity contribution in [2.24, 2.45) is 0 Å². The van der Waals surface area contributed by atoms with E-state index in [4.69, 9.17) is 29.1 Å². The molecule has 18 heavy (non-hydrogen) atoms. The fraction of sp³-hybridized carbons (Fsp3) is 0.917. The van der Waals surface area contributed by atoms with Gasteiger partial charge >= 0.3 is 0 Å². The van der Waals surface area contributed by atoms with Crippen LogP contribution in [0, 0.1) is 5.41 Å². The first kappa shape index (κ1) is 12.5. The molecule has 0 bridgehead atoms. The Hall–Kier alpha value is -0.530. The molecule has 3 aliphatic heterocycles. The molecule has 102 valence electrons. The lowest BCUT2D eigenvalue weighted by atomic mass is 10.00. The van der Waals surface area contributed by atoms with Crippen LogP contribution in [0.3, 0.4) is 0 Å². The molecule has 3 rings (SSSR count). The first-order valence-electron chi connectivity index (χ1n) is 6.19. The molecule has 0 unspecified atom stereocenters. The molecule has 3 aliphatic rings. The fourth-order valence-corrected chi connectivity index (χ4v) is 2.78. The highest BCUT2D eigenvalue weighted by Crippen LogP contribution is 2.43. The molecule has 1 N–H and O–H groups in total. The van der Waals surface area contributed by atoms with Gasteiger partial charge in [0.25, 0.3) is 0 Å². The third kappa shape index (κ3) is 1.88. The van der Waals surface area contributed by atoms with Gasteiger partial charge in [-0.05, 0) is 27.7 Å². The fourth-order valence-electron chi connectivity index (χ4n) is 2.78. The summed E-state index contributed by atoms with van der Waals surface area (Å²) >= 11 is 0. The van der Waals surface area contributed by atoms with E-state index in [0.717, 1.165) is 0 Å². The zero-order valence-electron chi connectivity index (χ0n) is 11.0. The molecule has 0 spiro atoms. The smallest absolute Gasteiger partial charge is 0.190 e. The van der Waals surface area contributed by atoms with E-state index in [1.54, 1.807) is 0 Å². The van der Waals surface area contributed by atoms with Crippen molar-refractivity contribution in [2.75, 3.05) is 0 Å². The summed E-state index contributed by atoms with van der Waals surface area (Å²) < 4.78 is 28.9. The van der Waals surface area contributed by atoms with Crippen LogP contribution in [-0.2, 0) is 23.7 Å². The molecule has 3 heterocycles. The van der Waals surface area contributed by atoms with Crippen molar-refractivity contribution in [2.45, 2.75) is 70.0 Å². The van der Waals surface area contributed by atoms with Gasteiger partial charge in [-0.3, -0.25) is 0 Å². The maximum Gasteiger partial charge on any atom is 0.190 e. The lowest BCUT2D eigenvalue weighted by molar-refractivity contribution is -0.217. The average molecular weight is 257 g/mol. The van der Waals surface area contributed by atoms with Gasteiger partial charge in [0.1, 0.15) is 24.4 Å². The summed E-state index contributed by atoms with van der Waals surface area (Å²) in [6.45, 7) is 7.37. The van der Waals surface area contributed by atoms with Gasteiger partial charge in [0.05, 0.1) is 0 Å². The zero-order chi connectivity index (χ0) is 13.1. The summed E-state index contributed by atoms with van der Waals surface area (Å²) in [5, 5.41) is 7.45. The van der Waals surface area contributed by atoms with Gasteiger partial charge in [-0.25, -0.2) is 0 Å². The van der Waals surface area contributed by atoms with Gasteiger partial charge in [0.2, 0.25) is 0 Å². The van der Waals surface area contributed by atoms with Crippen LogP contribution in [-0.4, -0.2) is 48.5 Å². The van der Waals surface area contributed by atoms with Crippen molar-refractivity contribution in [3.8, 4) is 0 Å². The van der Waals surface area contributed by atoms with Crippen LogP contribution in [0.2, 0.25) is 0 Å². The minimum atomic E-state index is -0.701. The quantitative estimate of drug-likeness (QED) is 0.710. The molecular weight excluding hydrogens is 238 g/mol. The van der Waals surface area contributed by atoms with E-state index < -0.39 is 24.0 Å². The maximum atomic E-state index is 7.45. The minimum Gasteiger partial charge on any atom is -0.342 e. The number of fused-ring (bicyclic) bond motifs is 3. The lowest BCUT2D eigenvalue weighted by Gasteiger charge is -2.35. The predicted octanol–water partition coefficient (Wildman–Crippen LogP) is 1.03. The van der Waals surface area contributed by atoms with E-state index >= 15 is 0 Å². The molecule has 0 aromatic rings. The number of ether oxygens (including phenoxy) is 5. The number of hydrogen-bond acceptors (Lipinski definition) is 6. The second-order valence-electron chi connectivity index (χ2n) is 5.80. The van der Waals surface area contributed by atoms with Gasteiger partial charge in [-0.1, -0.05) is 0 Å². The largest absolute Gasteiger partial charge is 0.342 e. The zero-order valence-corrected chi connectivity index (χ0v) is 11.0. The van der Waals surface area contributed by atoms with Crippen molar-refractivity contribution >= 4 is 6.21 Å². The Morgan fingerprint density at radius 2 is 1.39 bits per heavy atom. The summed E-state index contributed by atoms with van der Waals surface area (Å²) in [7, 11) is 0. The second kappa shape index (κ2) is 3.74. The molecule has 0 aliphatic carbocycles. The van der Waals surface area contributed by atoms with E-state index in [1.807, 2.05) is 27.7 Å². The Morgan fingerprint density at radius 3 is 2.06 bits per heavy atom. The highest BCUT2D eigenvalue weighted by atomic mass is 16.9. The third-order valence-electron chi connectivity index (χ3n) is 3.35. The van der Waals surface area contributed by atoms with E-state index in [9.17, 15) is 0 Å². The molecule has 0 aromatic carbocycles. The van der Waals surface area contributed by atoms with E-state index in [2.05, 4.69) is 0 Å². The van der Waals surface area contributed by atoms with Gasteiger partial charge in [-0.15, -0.1) is 0 Å². The topological polar surface area (TPSA) is 70.0 Å². The van der Waals surface area contributed by atoms with Crippen LogP contribution in [0.15, 0.2) is 0 Å². The average Bonchev–Trinajstić information content (AvgIpc) is 2.71. The highest BCUT2D eigenvalue weighted by molar-refractivity contribution is 5.61. The Kier molecular flexibility index (Phi) is 2.60. The normalized spacial score (nSPS) is 48.6. The standard InChI is InChI=1S/C12H19NO5/c1-11(2)15-7-6(5-13)14-10-9(8(7)16-11)17-12(3,4)18-10/h5-10,13H,1-4H3/t6-,7+,8+,9-,10-/m0/s1. The van der Waals surface area contributed by atoms with Crippen molar-refractivity contribution in [3.05, 3.63) is 0 Å². The lowest BCUT2D eigenvalue weighted by Crippen LogP contribution is -2.55. The first-order valence-corrected chi connectivity index (χ1v) is 6.19. The molecule has 3 saturated heterocycles. The van der Waals surface area contributed by atoms with Crippen molar-refractivity contribution in [1.82, 2.24) is 0 Å². The van der Waals surface area contributed by atoms with Gasteiger partial charge in [0, 0.05) is 6.21 Å². The molecule has 6 heteroatoms. The Morgan fingerprint density at radius 1 is 0.833 bits per heavy atom. The van der Waals surface area contributed by atoms with Crippen molar-refractivity contribution < 1.29 is 23.7 Å². The molecule has 0 radical (unpaired) electrons. The Labute approximate surface area is 106 Å². The number of rotatable bonds is 1. The van der Waals surface area contributed by atoms with E-state index in [1.165, 1.54) is 6.21 Å². The van der Waals surface area contributed by atoms with Gasteiger partial charge in [0.15, 0.2) is 17.9 Å². The van der Waals surface area contributed by atoms with Gasteiger partial charge in [-0.2, -0.15) is 0 Å². The summed E-state index contributed by atoms with van der Waals surface area (Å²) in [5.74, 6) is -1.39. The van der Waals surface area contributed by atoms with Crippen molar-refractivity contribution in [1.29, 1.82) is 5.41 Å². The van der Waals surface area contributed by atoms with E-state index in [-0.39, 0.29) is 18.3 Å².